The average molecular weight is 328 g/mol. The summed E-state index contributed by atoms with van der Waals surface area (Å²) < 4.78 is 10.0. The van der Waals surface area contributed by atoms with Crippen LogP contribution in [0.3, 0.4) is 0 Å². The molecule has 8 nitrogen and oxygen atoms in total. The molecule has 1 aliphatic rings. The molecule has 1 fully saturated rings. The van der Waals surface area contributed by atoms with Crippen molar-refractivity contribution < 1.29 is 29.0 Å². The number of hydrogen-bond acceptors (Lipinski definition) is 6. The lowest BCUT2D eigenvalue weighted by Crippen LogP contribution is -2.60. The van der Waals surface area contributed by atoms with Gasteiger partial charge in [-0.05, 0) is 27.7 Å². The highest BCUT2D eigenvalue weighted by Gasteiger charge is 2.41. The third kappa shape index (κ3) is 5.15. The molecule has 1 saturated heterocycles. The lowest BCUT2D eigenvalue weighted by molar-refractivity contribution is -0.152. The first-order valence-corrected chi connectivity index (χ1v) is 7.38. The van der Waals surface area contributed by atoms with Crippen LogP contribution in [-0.4, -0.2) is 70.8 Å². The number of carbonyl (C=O) groups excluding carboxylic acids is 3. The molecule has 0 bridgehead atoms. The monoisotopic (exact) mass is 328 g/mol. The standard InChI is InChI=1S/C15H24N2O6/c1-6-22-11(19)9-16-7-8-17(12(10(2)18)13(16)20)14(21)23-15(3,4)5/h12,18H,2,6-9H2,1,3-5H3/t12-/m0/s1. The highest BCUT2D eigenvalue weighted by Crippen LogP contribution is 2.20. The van der Waals surface area contributed by atoms with Gasteiger partial charge in [-0.3, -0.25) is 14.5 Å². The zero-order valence-electron chi connectivity index (χ0n) is 14.0. The van der Waals surface area contributed by atoms with Crippen molar-refractivity contribution in [2.24, 2.45) is 0 Å². The SMILES string of the molecule is C=C(O)[C@H]1C(=O)N(CC(=O)OCC)CCN1C(=O)OC(C)(C)C. The molecular formula is C15H24N2O6. The molecule has 0 aromatic rings. The number of piperazine rings is 1. The molecule has 0 saturated carbocycles. The predicted molar refractivity (Wildman–Crippen MR) is 81.7 cm³/mol. The Morgan fingerprint density at radius 3 is 2.43 bits per heavy atom. The minimum absolute atomic E-state index is 0.115. The maximum atomic E-state index is 12.4. The number of aliphatic hydroxyl groups is 1. The molecule has 1 aliphatic heterocycles. The van der Waals surface area contributed by atoms with Crippen LogP contribution in [0.5, 0.6) is 0 Å². The zero-order valence-corrected chi connectivity index (χ0v) is 14.0. The quantitative estimate of drug-likeness (QED) is 0.612. The topological polar surface area (TPSA) is 96.4 Å². The van der Waals surface area contributed by atoms with E-state index in [9.17, 15) is 19.5 Å². The lowest BCUT2D eigenvalue weighted by Gasteiger charge is -2.39. The summed E-state index contributed by atoms with van der Waals surface area (Å²) in [5.74, 6) is -1.62. The highest BCUT2D eigenvalue weighted by atomic mass is 16.6. The van der Waals surface area contributed by atoms with E-state index in [1.165, 1.54) is 4.90 Å². The Bertz CT molecular complexity index is 497. The summed E-state index contributed by atoms with van der Waals surface area (Å²) in [4.78, 5) is 38.5. The first-order valence-electron chi connectivity index (χ1n) is 7.38. The van der Waals surface area contributed by atoms with Crippen LogP contribution in [0, 0.1) is 0 Å². The van der Waals surface area contributed by atoms with Gasteiger partial charge in [0.05, 0.1) is 6.61 Å². The minimum atomic E-state index is -1.27. The van der Waals surface area contributed by atoms with E-state index in [1.54, 1.807) is 27.7 Å². The number of carbonyl (C=O) groups is 3. The van der Waals surface area contributed by atoms with Crippen molar-refractivity contribution in [2.75, 3.05) is 26.2 Å². The van der Waals surface area contributed by atoms with Gasteiger partial charge in [-0.2, -0.15) is 0 Å². The van der Waals surface area contributed by atoms with Crippen molar-refractivity contribution in [3.8, 4) is 0 Å². The number of hydrogen-bond donors (Lipinski definition) is 1. The van der Waals surface area contributed by atoms with Crippen LogP contribution in [0.4, 0.5) is 4.79 Å². The van der Waals surface area contributed by atoms with E-state index in [2.05, 4.69) is 6.58 Å². The smallest absolute Gasteiger partial charge is 0.411 e. The highest BCUT2D eigenvalue weighted by molar-refractivity contribution is 5.91. The fourth-order valence-corrected chi connectivity index (χ4v) is 2.13. The largest absolute Gasteiger partial charge is 0.510 e. The van der Waals surface area contributed by atoms with Gasteiger partial charge in [-0.25, -0.2) is 4.79 Å². The van der Waals surface area contributed by atoms with Crippen molar-refractivity contribution in [1.82, 2.24) is 9.80 Å². The Labute approximate surface area is 135 Å². The van der Waals surface area contributed by atoms with Gasteiger partial charge >= 0.3 is 12.1 Å². The molecule has 0 spiro atoms. The van der Waals surface area contributed by atoms with Crippen molar-refractivity contribution in [3.63, 3.8) is 0 Å². The molecule has 2 amide bonds. The molecule has 0 aromatic carbocycles. The molecule has 1 atom stereocenters. The van der Waals surface area contributed by atoms with E-state index < -0.39 is 35.4 Å². The summed E-state index contributed by atoms with van der Waals surface area (Å²) in [5.41, 5.74) is -0.733. The van der Waals surface area contributed by atoms with Crippen molar-refractivity contribution in [3.05, 3.63) is 12.3 Å². The molecule has 130 valence electrons. The van der Waals surface area contributed by atoms with Crippen LogP contribution in [0.1, 0.15) is 27.7 Å². The second-order valence-corrected chi connectivity index (χ2v) is 6.13. The van der Waals surface area contributed by atoms with Crippen LogP contribution in [0.25, 0.3) is 0 Å². The van der Waals surface area contributed by atoms with Gasteiger partial charge in [0.1, 0.15) is 17.9 Å². The van der Waals surface area contributed by atoms with Crippen LogP contribution in [0.15, 0.2) is 12.3 Å². The van der Waals surface area contributed by atoms with E-state index in [4.69, 9.17) is 9.47 Å². The lowest BCUT2D eigenvalue weighted by atomic mass is 10.1. The van der Waals surface area contributed by atoms with E-state index in [0.29, 0.717) is 0 Å². The van der Waals surface area contributed by atoms with E-state index in [-0.39, 0.29) is 26.2 Å². The van der Waals surface area contributed by atoms with Gasteiger partial charge in [0.15, 0.2) is 6.04 Å². The number of ether oxygens (including phenoxy) is 2. The van der Waals surface area contributed by atoms with Gasteiger partial charge < -0.3 is 19.5 Å². The van der Waals surface area contributed by atoms with Crippen molar-refractivity contribution in [2.45, 2.75) is 39.3 Å². The first kappa shape index (κ1) is 18.8. The van der Waals surface area contributed by atoms with Gasteiger partial charge in [-0.15, -0.1) is 0 Å². The number of aliphatic hydroxyl groups excluding tert-OH is 1. The first-order chi connectivity index (χ1) is 10.6. The maximum Gasteiger partial charge on any atom is 0.411 e. The molecule has 0 radical (unpaired) electrons. The fraction of sp³-hybridized carbons (Fsp3) is 0.667. The molecule has 1 N–H and O–H groups in total. The van der Waals surface area contributed by atoms with Gasteiger partial charge in [0, 0.05) is 13.1 Å². The van der Waals surface area contributed by atoms with Crippen LogP contribution in [0.2, 0.25) is 0 Å². The Morgan fingerprint density at radius 1 is 1.35 bits per heavy atom. The van der Waals surface area contributed by atoms with Crippen LogP contribution >= 0.6 is 0 Å². The Balaban J connectivity index is 2.87. The summed E-state index contributed by atoms with van der Waals surface area (Å²) in [6, 6.07) is -1.27. The minimum Gasteiger partial charge on any atom is -0.510 e. The molecule has 1 rings (SSSR count). The second kappa shape index (κ2) is 7.34. The molecule has 0 unspecified atom stereocenters. The maximum absolute atomic E-state index is 12.4. The number of rotatable bonds is 4. The van der Waals surface area contributed by atoms with Crippen molar-refractivity contribution >= 4 is 18.0 Å². The van der Waals surface area contributed by atoms with Gasteiger partial charge in [0.2, 0.25) is 0 Å². The third-order valence-electron chi connectivity index (χ3n) is 3.04. The average Bonchev–Trinajstić information content (AvgIpc) is 2.38. The summed E-state index contributed by atoms with van der Waals surface area (Å²) in [5, 5.41) is 9.71. The Kier molecular flexibility index (Phi) is 6.00. The van der Waals surface area contributed by atoms with E-state index >= 15 is 0 Å². The molecule has 1 heterocycles. The number of nitrogens with zero attached hydrogens (tertiary/aromatic N) is 2. The zero-order chi connectivity index (χ0) is 17.8. The van der Waals surface area contributed by atoms with Crippen LogP contribution < -0.4 is 0 Å². The van der Waals surface area contributed by atoms with Crippen LogP contribution in [-0.2, 0) is 19.1 Å². The fourth-order valence-electron chi connectivity index (χ4n) is 2.13. The van der Waals surface area contributed by atoms with Gasteiger partial charge in [0.25, 0.3) is 5.91 Å². The van der Waals surface area contributed by atoms with E-state index in [0.717, 1.165) is 4.90 Å². The second-order valence-electron chi connectivity index (χ2n) is 6.13. The number of esters is 1. The van der Waals surface area contributed by atoms with Gasteiger partial charge in [-0.1, -0.05) is 6.58 Å². The summed E-state index contributed by atoms with van der Waals surface area (Å²) in [6.45, 7) is 10.3. The van der Waals surface area contributed by atoms with Crippen molar-refractivity contribution in [1.29, 1.82) is 0 Å². The molecule has 0 aliphatic carbocycles. The number of amides is 2. The summed E-state index contributed by atoms with van der Waals surface area (Å²) >= 11 is 0. The molecular weight excluding hydrogens is 304 g/mol. The summed E-state index contributed by atoms with van der Waals surface area (Å²) in [6.07, 6.45) is -0.721. The summed E-state index contributed by atoms with van der Waals surface area (Å²) in [7, 11) is 0. The molecule has 8 heteroatoms. The van der Waals surface area contributed by atoms with E-state index in [1.807, 2.05) is 0 Å². The molecule has 0 aromatic heterocycles. The Morgan fingerprint density at radius 2 is 1.96 bits per heavy atom. The Hall–Kier alpha value is -2.25. The predicted octanol–water partition coefficient (Wildman–Crippen LogP) is 1.07. The normalized spacial score (nSPS) is 18.6. The third-order valence-corrected chi connectivity index (χ3v) is 3.04. The molecule has 23 heavy (non-hydrogen) atoms.